The Bertz CT molecular complexity index is 811. The topological polar surface area (TPSA) is 58.6 Å². The Labute approximate surface area is 180 Å². The van der Waals surface area contributed by atoms with Crippen molar-refractivity contribution in [1.29, 1.82) is 0 Å². The highest BCUT2D eigenvalue weighted by Crippen LogP contribution is 2.18. The maximum atomic E-state index is 13.2. The second-order valence-corrected chi connectivity index (χ2v) is 8.52. The molecule has 2 aromatic carbocycles. The van der Waals surface area contributed by atoms with E-state index in [0.29, 0.717) is 25.8 Å². The number of benzene rings is 2. The van der Waals surface area contributed by atoms with Crippen molar-refractivity contribution < 1.29 is 14.3 Å². The smallest absolute Gasteiger partial charge is 0.243 e. The predicted octanol–water partition coefficient (Wildman–Crippen LogP) is 4.35. The summed E-state index contributed by atoms with van der Waals surface area (Å²) in [7, 11) is 1.62. The van der Waals surface area contributed by atoms with Crippen LogP contribution in [0.5, 0.6) is 5.75 Å². The number of aryl methyl sites for hydroxylation is 1. The third-order valence-corrected chi connectivity index (χ3v) is 4.87. The Morgan fingerprint density at radius 3 is 2.17 bits per heavy atom. The summed E-state index contributed by atoms with van der Waals surface area (Å²) in [6.07, 6.45) is 1.56. The lowest BCUT2D eigenvalue weighted by atomic mass is 10.0. The maximum absolute atomic E-state index is 13.2. The first-order valence-corrected chi connectivity index (χ1v) is 10.5. The van der Waals surface area contributed by atoms with Crippen LogP contribution in [0.1, 0.15) is 51.7 Å². The van der Waals surface area contributed by atoms with Crippen molar-refractivity contribution >= 4 is 11.8 Å². The predicted molar refractivity (Wildman–Crippen MR) is 120 cm³/mol. The normalized spacial score (nSPS) is 12.2. The molecule has 0 aliphatic rings. The van der Waals surface area contributed by atoms with E-state index in [1.165, 1.54) is 0 Å². The minimum Gasteiger partial charge on any atom is -0.497 e. The van der Waals surface area contributed by atoms with E-state index in [4.69, 9.17) is 4.74 Å². The zero-order valence-electron chi connectivity index (χ0n) is 18.8. The Morgan fingerprint density at radius 1 is 1.00 bits per heavy atom. The van der Waals surface area contributed by atoms with Crippen LogP contribution in [0.4, 0.5) is 0 Å². The van der Waals surface area contributed by atoms with Gasteiger partial charge in [0.25, 0.3) is 0 Å². The first-order valence-electron chi connectivity index (χ1n) is 10.5. The second kappa shape index (κ2) is 10.8. The van der Waals surface area contributed by atoms with Crippen molar-refractivity contribution in [3.8, 4) is 5.75 Å². The van der Waals surface area contributed by atoms with E-state index in [-0.39, 0.29) is 17.4 Å². The Morgan fingerprint density at radius 2 is 1.63 bits per heavy atom. The fraction of sp³-hybridized carbons (Fsp3) is 0.440. The fourth-order valence-corrected chi connectivity index (χ4v) is 3.34. The van der Waals surface area contributed by atoms with Crippen molar-refractivity contribution in [3.63, 3.8) is 0 Å². The first-order chi connectivity index (χ1) is 14.2. The molecule has 5 nitrogen and oxygen atoms in total. The van der Waals surface area contributed by atoms with Crippen molar-refractivity contribution in [2.75, 3.05) is 7.11 Å². The minimum absolute atomic E-state index is 0.0226. The van der Waals surface area contributed by atoms with Gasteiger partial charge in [-0.05, 0) is 56.9 Å². The number of ether oxygens (including phenoxy) is 1. The van der Waals surface area contributed by atoms with Crippen molar-refractivity contribution in [2.45, 2.75) is 65.1 Å². The molecule has 1 unspecified atom stereocenters. The summed E-state index contributed by atoms with van der Waals surface area (Å²) in [6, 6.07) is 17.0. The molecule has 0 saturated heterocycles. The van der Waals surface area contributed by atoms with Crippen LogP contribution in [-0.4, -0.2) is 35.4 Å². The molecule has 2 rings (SSSR count). The van der Waals surface area contributed by atoms with Crippen LogP contribution in [0.15, 0.2) is 54.6 Å². The molecule has 0 aliphatic carbocycles. The lowest BCUT2D eigenvalue weighted by Crippen LogP contribution is -2.53. The highest BCUT2D eigenvalue weighted by atomic mass is 16.5. The number of hydrogen-bond acceptors (Lipinski definition) is 3. The number of carbonyl (C=O) groups is 2. The highest BCUT2D eigenvalue weighted by molar-refractivity contribution is 5.88. The number of hydrogen-bond donors (Lipinski definition) is 1. The summed E-state index contributed by atoms with van der Waals surface area (Å²) in [5.74, 6) is 0.621. The number of amides is 2. The van der Waals surface area contributed by atoms with Crippen LogP contribution in [0.2, 0.25) is 0 Å². The van der Waals surface area contributed by atoms with Crippen molar-refractivity contribution in [2.24, 2.45) is 0 Å². The molecule has 162 valence electrons. The number of rotatable bonds is 9. The van der Waals surface area contributed by atoms with Crippen LogP contribution in [-0.2, 0) is 22.6 Å². The van der Waals surface area contributed by atoms with Gasteiger partial charge in [0, 0.05) is 18.5 Å². The lowest BCUT2D eigenvalue weighted by molar-refractivity contribution is -0.142. The molecule has 0 fully saturated rings. The number of nitrogens with one attached hydrogen (secondary N) is 1. The largest absolute Gasteiger partial charge is 0.497 e. The molecule has 1 N–H and O–H groups in total. The van der Waals surface area contributed by atoms with Gasteiger partial charge in [0.2, 0.25) is 11.8 Å². The van der Waals surface area contributed by atoms with Crippen molar-refractivity contribution in [3.05, 3.63) is 65.7 Å². The molecule has 0 aromatic heterocycles. The van der Waals surface area contributed by atoms with Gasteiger partial charge in [-0.2, -0.15) is 0 Å². The second-order valence-electron chi connectivity index (χ2n) is 8.52. The maximum Gasteiger partial charge on any atom is 0.243 e. The van der Waals surface area contributed by atoms with Gasteiger partial charge in [-0.1, -0.05) is 49.4 Å². The summed E-state index contributed by atoms with van der Waals surface area (Å²) >= 11 is 0. The molecular weight excluding hydrogens is 376 g/mol. The fourth-order valence-electron chi connectivity index (χ4n) is 3.34. The molecule has 0 radical (unpaired) electrons. The molecule has 1 atom stereocenters. The summed E-state index contributed by atoms with van der Waals surface area (Å²) in [5, 5.41) is 3.03. The zero-order valence-corrected chi connectivity index (χ0v) is 18.8. The van der Waals surface area contributed by atoms with E-state index in [2.05, 4.69) is 5.32 Å². The molecule has 0 aliphatic heterocycles. The van der Waals surface area contributed by atoms with Crippen LogP contribution in [0.3, 0.4) is 0 Å². The van der Waals surface area contributed by atoms with E-state index < -0.39 is 6.04 Å². The molecular formula is C25H34N2O3. The van der Waals surface area contributed by atoms with E-state index >= 15 is 0 Å². The van der Waals surface area contributed by atoms with Gasteiger partial charge in [-0.3, -0.25) is 9.59 Å². The average molecular weight is 411 g/mol. The zero-order chi connectivity index (χ0) is 22.1. The van der Waals surface area contributed by atoms with Gasteiger partial charge in [0.05, 0.1) is 7.11 Å². The van der Waals surface area contributed by atoms with Crippen LogP contribution >= 0.6 is 0 Å². The third-order valence-electron chi connectivity index (χ3n) is 4.87. The minimum atomic E-state index is -0.519. The molecule has 30 heavy (non-hydrogen) atoms. The molecule has 0 spiro atoms. The van der Waals surface area contributed by atoms with E-state index in [1.807, 2.05) is 82.3 Å². The first kappa shape index (κ1) is 23.5. The van der Waals surface area contributed by atoms with Crippen molar-refractivity contribution in [1.82, 2.24) is 10.2 Å². The lowest BCUT2D eigenvalue weighted by Gasteiger charge is -2.33. The van der Waals surface area contributed by atoms with Gasteiger partial charge in [0.1, 0.15) is 11.8 Å². The van der Waals surface area contributed by atoms with Crippen LogP contribution < -0.4 is 10.1 Å². The Hall–Kier alpha value is -2.82. The summed E-state index contributed by atoms with van der Waals surface area (Å²) < 4.78 is 5.23. The standard InChI is InChI=1S/C25H34N2O3/c1-6-22(24(29)26-25(2,3)4)27(18-20-12-15-21(30-5)16-13-20)23(28)17-14-19-10-8-7-9-11-19/h7-13,15-16,22H,6,14,17-18H2,1-5H3,(H,26,29). The van der Waals surface area contributed by atoms with Gasteiger partial charge in [-0.15, -0.1) is 0 Å². The van der Waals surface area contributed by atoms with E-state index in [0.717, 1.165) is 16.9 Å². The Balaban J connectivity index is 2.22. The van der Waals surface area contributed by atoms with Gasteiger partial charge < -0.3 is 15.0 Å². The molecule has 2 amide bonds. The van der Waals surface area contributed by atoms with Crippen LogP contribution in [0.25, 0.3) is 0 Å². The van der Waals surface area contributed by atoms with Gasteiger partial charge in [-0.25, -0.2) is 0 Å². The van der Waals surface area contributed by atoms with Gasteiger partial charge >= 0.3 is 0 Å². The third kappa shape index (κ3) is 7.21. The molecule has 0 saturated carbocycles. The van der Waals surface area contributed by atoms with Crippen LogP contribution in [0, 0.1) is 0 Å². The number of nitrogens with zero attached hydrogens (tertiary/aromatic N) is 1. The number of carbonyl (C=O) groups excluding carboxylic acids is 2. The highest BCUT2D eigenvalue weighted by Gasteiger charge is 2.30. The van der Waals surface area contributed by atoms with E-state index in [1.54, 1.807) is 12.0 Å². The average Bonchev–Trinajstić information content (AvgIpc) is 2.71. The summed E-state index contributed by atoms with van der Waals surface area (Å²) in [6.45, 7) is 8.17. The number of methoxy groups -OCH3 is 1. The quantitative estimate of drug-likeness (QED) is 0.669. The molecule has 2 aromatic rings. The summed E-state index contributed by atoms with van der Waals surface area (Å²) in [4.78, 5) is 27.9. The Kier molecular flexibility index (Phi) is 8.46. The molecule has 5 heteroatoms. The molecule has 0 bridgehead atoms. The summed E-state index contributed by atoms with van der Waals surface area (Å²) in [5.41, 5.74) is 1.72. The van der Waals surface area contributed by atoms with E-state index in [9.17, 15) is 9.59 Å². The molecule has 0 heterocycles. The van der Waals surface area contributed by atoms with Gasteiger partial charge in [0.15, 0.2) is 0 Å². The SMILES string of the molecule is CCC(C(=O)NC(C)(C)C)N(Cc1ccc(OC)cc1)C(=O)CCc1ccccc1. The monoisotopic (exact) mass is 410 g/mol.